The molecule has 3 rings (SSSR count). The predicted octanol–water partition coefficient (Wildman–Crippen LogP) is 5.77. The van der Waals surface area contributed by atoms with Crippen molar-refractivity contribution in [1.29, 1.82) is 0 Å². The molecule has 0 bridgehead atoms. The summed E-state index contributed by atoms with van der Waals surface area (Å²) < 4.78 is 26.8. The molecule has 3 aromatic rings. The molecule has 0 radical (unpaired) electrons. The van der Waals surface area contributed by atoms with Gasteiger partial charge in [0.25, 0.3) is 5.25 Å². The van der Waals surface area contributed by atoms with Crippen molar-refractivity contribution in [1.82, 2.24) is 9.97 Å². The van der Waals surface area contributed by atoms with Crippen molar-refractivity contribution in [3.05, 3.63) is 46.9 Å². The Kier molecular flexibility index (Phi) is 4.10. The Balaban J connectivity index is 1.77. The zero-order valence-electron chi connectivity index (χ0n) is 11.5. The number of nitrogens with zero attached hydrogens (tertiary/aromatic N) is 1. The second-order valence-electron chi connectivity index (χ2n) is 4.81. The molecule has 0 saturated heterocycles. The number of H-pyrrole nitrogens is 1. The quantitative estimate of drug-likeness (QED) is 0.561. The molecule has 22 heavy (non-hydrogen) atoms. The fourth-order valence-electron chi connectivity index (χ4n) is 1.99. The number of anilines is 2. The van der Waals surface area contributed by atoms with Crippen molar-refractivity contribution in [3.8, 4) is 0 Å². The van der Waals surface area contributed by atoms with Gasteiger partial charge in [0.15, 0.2) is 0 Å². The van der Waals surface area contributed by atoms with Gasteiger partial charge in [-0.2, -0.15) is 8.78 Å². The van der Waals surface area contributed by atoms with Crippen LogP contribution >= 0.6 is 27.7 Å². The summed E-state index contributed by atoms with van der Waals surface area (Å²) in [5.41, 5.74) is 2.54. The van der Waals surface area contributed by atoms with E-state index in [0.717, 1.165) is 28.1 Å². The lowest BCUT2D eigenvalue weighted by Gasteiger charge is -2.09. The lowest BCUT2D eigenvalue weighted by atomic mass is 10.3. The average molecular weight is 384 g/mol. The lowest BCUT2D eigenvalue weighted by molar-refractivity contribution is 0.129. The van der Waals surface area contributed by atoms with E-state index in [1.165, 1.54) is 0 Å². The number of aromatic amines is 1. The smallest absolute Gasteiger partial charge is 0.295 e. The van der Waals surface area contributed by atoms with Gasteiger partial charge in [0, 0.05) is 22.0 Å². The predicted molar refractivity (Wildman–Crippen MR) is 90.0 cm³/mol. The second kappa shape index (κ2) is 5.89. The van der Waals surface area contributed by atoms with Gasteiger partial charge < -0.3 is 10.3 Å². The van der Waals surface area contributed by atoms with Crippen LogP contribution < -0.4 is 5.32 Å². The lowest BCUT2D eigenvalue weighted by Crippen LogP contribution is -2.01. The molecular weight excluding hydrogens is 372 g/mol. The Morgan fingerprint density at radius 3 is 2.59 bits per heavy atom. The van der Waals surface area contributed by atoms with E-state index in [4.69, 9.17) is 0 Å². The van der Waals surface area contributed by atoms with Crippen LogP contribution in [0, 0.1) is 0 Å². The van der Waals surface area contributed by atoms with Crippen LogP contribution in [0.1, 0.15) is 6.92 Å². The normalized spacial score (nSPS) is 11.8. The summed E-state index contributed by atoms with van der Waals surface area (Å²) in [6.45, 7) is 0.885. The molecule has 1 aromatic heterocycles. The Labute approximate surface area is 138 Å². The van der Waals surface area contributed by atoms with Gasteiger partial charge in [-0.05, 0) is 42.5 Å². The zero-order valence-corrected chi connectivity index (χ0v) is 13.9. The first kappa shape index (κ1) is 15.3. The van der Waals surface area contributed by atoms with Crippen molar-refractivity contribution in [2.45, 2.75) is 17.1 Å². The number of benzene rings is 2. The number of aromatic nitrogens is 2. The van der Waals surface area contributed by atoms with Gasteiger partial charge in [0.1, 0.15) is 0 Å². The Morgan fingerprint density at radius 2 is 1.91 bits per heavy atom. The number of fused-ring (bicyclic) bond motifs is 1. The van der Waals surface area contributed by atoms with Gasteiger partial charge in [-0.1, -0.05) is 27.7 Å². The molecule has 0 aliphatic heterocycles. The molecule has 0 aliphatic carbocycles. The molecule has 0 amide bonds. The highest BCUT2D eigenvalue weighted by molar-refractivity contribution is 9.10. The van der Waals surface area contributed by atoms with Crippen LogP contribution in [-0.4, -0.2) is 15.2 Å². The zero-order chi connectivity index (χ0) is 15.7. The average Bonchev–Trinajstić information content (AvgIpc) is 2.80. The van der Waals surface area contributed by atoms with E-state index in [1.54, 1.807) is 24.3 Å². The van der Waals surface area contributed by atoms with Gasteiger partial charge >= 0.3 is 0 Å². The summed E-state index contributed by atoms with van der Waals surface area (Å²) in [5.74, 6) is 0.606. The molecule has 0 spiro atoms. The number of imidazole rings is 1. The number of rotatable bonds is 4. The van der Waals surface area contributed by atoms with E-state index in [1.807, 2.05) is 18.2 Å². The third-order valence-electron chi connectivity index (χ3n) is 2.86. The molecule has 0 fully saturated rings. The molecule has 0 atom stereocenters. The summed E-state index contributed by atoms with van der Waals surface area (Å²) in [6, 6.07) is 12.6. The highest BCUT2D eigenvalue weighted by Gasteiger charge is 2.22. The maximum Gasteiger partial charge on any atom is 0.295 e. The summed E-state index contributed by atoms with van der Waals surface area (Å²) >= 11 is 3.94. The van der Waals surface area contributed by atoms with E-state index in [2.05, 4.69) is 31.2 Å². The number of hydrogen-bond donors (Lipinski definition) is 2. The fourth-order valence-corrected chi connectivity index (χ4v) is 3.04. The largest absolute Gasteiger partial charge is 0.326 e. The fraction of sp³-hybridized carbons (Fsp3) is 0.133. The molecule has 0 unspecified atom stereocenters. The van der Waals surface area contributed by atoms with E-state index in [9.17, 15) is 8.78 Å². The molecule has 0 aliphatic rings. The molecule has 2 N–H and O–H groups in total. The molecule has 7 heteroatoms. The number of nitrogens with one attached hydrogen (secondary N) is 2. The maximum atomic E-state index is 12.9. The monoisotopic (exact) mass is 383 g/mol. The minimum Gasteiger partial charge on any atom is -0.326 e. The summed E-state index contributed by atoms with van der Waals surface area (Å²) in [4.78, 5) is 8.10. The SMILES string of the molecule is CC(F)(F)Sc1ccc(Nc2nc3ccc(Br)cc3[nH]2)cc1. The highest BCUT2D eigenvalue weighted by atomic mass is 79.9. The molecule has 3 nitrogen and oxygen atoms in total. The Hall–Kier alpha value is -1.60. The minimum absolute atomic E-state index is 0.520. The van der Waals surface area contributed by atoms with Crippen LogP contribution in [0.5, 0.6) is 0 Å². The molecule has 0 saturated carbocycles. The summed E-state index contributed by atoms with van der Waals surface area (Å²) in [5, 5.41) is 0.347. The maximum absolute atomic E-state index is 12.9. The molecule has 1 heterocycles. The summed E-state index contributed by atoms with van der Waals surface area (Å²) in [7, 11) is 0. The highest BCUT2D eigenvalue weighted by Crippen LogP contribution is 2.35. The Bertz CT molecular complexity index is 797. The van der Waals surface area contributed by atoms with E-state index < -0.39 is 5.25 Å². The first-order valence-electron chi connectivity index (χ1n) is 6.48. The first-order valence-corrected chi connectivity index (χ1v) is 8.09. The van der Waals surface area contributed by atoms with Crippen LogP contribution in [0.2, 0.25) is 0 Å². The molecular formula is C15H12BrF2N3S. The van der Waals surface area contributed by atoms with Gasteiger partial charge in [0.05, 0.1) is 11.0 Å². The minimum atomic E-state index is -2.78. The second-order valence-corrected chi connectivity index (χ2v) is 7.11. The number of halogens is 3. The van der Waals surface area contributed by atoms with E-state index in [0.29, 0.717) is 22.6 Å². The number of hydrogen-bond acceptors (Lipinski definition) is 3. The van der Waals surface area contributed by atoms with Gasteiger partial charge in [0.2, 0.25) is 5.95 Å². The van der Waals surface area contributed by atoms with Crippen molar-refractivity contribution in [2.75, 3.05) is 5.32 Å². The molecule has 2 aromatic carbocycles. The van der Waals surface area contributed by atoms with Crippen molar-refractivity contribution < 1.29 is 8.78 Å². The standard InChI is InChI=1S/C15H12BrF2N3S/c1-15(17,18)22-11-5-3-10(4-6-11)19-14-20-12-7-2-9(16)8-13(12)21-14/h2-8H,1H3,(H2,19,20,21). The third kappa shape index (κ3) is 3.78. The Morgan fingerprint density at radius 1 is 1.18 bits per heavy atom. The topological polar surface area (TPSA) is 40.7 Å². The van der Waals surface area contributed by atoms with Crippen molar-refractivity contribution in [3.63, 3.8) is 0 Å². The first-order chi connectivity index (χ1) is 10.4. The van der Waals surface area contributed by atoms with Crippen molar-refractivity contribution in [2.24, 2.45) is 0 Å². The van der Waals surface area contributed by atoms with Gasteiger partial charge in [-0.25, -0.2) is 4.98 Å². The van der Waals surface area contributed by atoms with E-state index in [-0.39, 0.29) is 0 Å². The van der Waals surface area contributed by atoms with Crippen LogP contribution in [0.25, 0.3) is 11.0 Å². The van der Waals surface area contributed by atoms with Crippen molar-refractivity contribution >= 4 is 50.4 Å². The van der Waals surface area contributed by atoms with Crippen LogP contribution in [0.3, 0.4) is 0 Å². The van der Waals surface area contributed by atoms with E-state index >= 15 is 0 Å². The van der Waals surface area contributed by atoms with Crippen LogP contribution in [0.15, 0.2) is 51.8 Å². The number of thioether (sulfide) groups is 1. The molecule has 114 valence electrons. The third-order valence-corrected chi connectivity index (χ3v) is 4.22. The number of alkyl halides is 2. The van der Waals surface area contributed by atoms with Gasteiger partial charge in [-0.15, -0.1) is 0 Å². The van der Waals surface area contributed by atoms with Gasteiger partial charge in [-0.3, -0.25) is 0 Å². The van der Waals surface area contributed by atoms with Crippen LogP contribution in [-0.2, 0) is 0 Å². The summed E-state index contributed by atoms with van der Waals surface area (Å²) in [6.07, 6.45) is 0. The van der Waals surface area contributed by atoms with Crippen LogP contribution in [0.4, 0.5) is 20.4 Å².